The van der Waals surface area contributed by atoms with Gasteiger partial charge in [0.2, 0.25) is 0 Å². The van der Waals surface area contributed by atoms with Gasteiger partial charge < -0.3 is 15.0 Å². The lowest BCUT2D eigenvalue weighted by atomic mass is 10.3. The molecule has 0 aromatic heterocycles. The summed E-state index contributed by atoms with van der Waals surface area (Å²) >= 11 is 0. The molecule has 18 heavy (non-hydrogen) atoms. The fraction of sp³-hybridized carbons (Fsp3) is 1.00. The zero-order valence-corrected chi connectivity index (χ0v) is 12.3. The zero-order valence-electron chi connectivity index (χ0n) is 12.3. The molecule has 0 saturated carbocycles. The second-order valence-electron chi connectivity index (χ2n) is 5.23. The molecular formula is C13H30N4O. The lowest BCUT2D eigenvalue weighted by Gasteiger charge is -2.35. The molecule has 0 unspecified atom stereocenters. The average molecular weight is 258 g/mol. The maximum absolute atomic E-state index is 5.01. The number of nitrogens with zero attached hydrogens (tertiary/aromatic N) is 3. The van der Waals surface area contributed by atoms with Crippen LogP contribution < -0.4 is 5.32 Å². The van der Waals surface area contributed by atoms with E-state index in [1.165, 1.54) is 39.3 Å². The molecule has 0 aromatic carbocycles. The van der Waals surface area contributed by atoms with E-state index in [2.05, 4.69) is 34.1 Å². The highest BCUT2D eigenvalue weighted by Gasteiger charge is 2.15. The minimum Gasteiger partial charge on any atom is -0.383 e. The van der Waals surface area contributed by atoms with Crippen molar-refractivity contribution in [3.05, 3.63) is 0 Å². The van der Waals surface area contributed by atoms with Gasteiger partial charge in [-0.05, 0) is 14.1 Å². The first-order chi connectivity index (χ1) is 8.72. The van der Waals surface area contributed by atoms with Crippen LogP contribution in [0, 0.1) is 0 Å². The number of hydrogen-bond donors (Lipinski definition) is 1. The monoisotopic (exact) mass is 258 g/mol. The zero-order chi connectivity index (χ0) is 13.2. The molecule has 0 bridgehead atoms. The summed E-state index contributed by atoms with van der Waals surface area (Å²) in [5, 5.41) is 3.40. The van der Waals surface area contributed by atoms with Crippen LogP contribution in [-0.2, 0) is 4.74 Å². The minimum atomic E-state index is 0.804. The number of hydrogen-bond acceptors (Lipinski definition) is 5. The molecule has 1 aliphatic rings. The van der Waals surface area contributed by atoms with E-state index in [0.29, 0.717) is 0 Å². The van der Waals surface area contributed by atoms with E-state index >= 15 is 0 Å². The summed E-state index contributed by atoms with van der Waals surface area (Å²) in [6.45, 7) is 11.2. The molecule has 108 valence electrons. The summed E-state index contributed by atoms with van der Waals surface area (Å²) in [4.78, 5) is 7.37. The second kappa shape index (κ2) is 9.69. The minimum absolute atomic E-state index is 0.804. The maximum Gasteiger partial charge on any atom is 0.0587 e. The van der Waals surface area contributed by atoms with Crippen molar-refractivity contribution in [2.24, 2.45) is 0 Å². The molecule has 1 heterocycles. The van der Waals surface area contributed by atoms with Crippen molar-refractivity contribution in [2.45, 2.75) is 0 Å². The molecule has 5 nitrogen and oxygen atoms in total. The molecular weight excluding hydrogens is 228 g/mol. The summed E-state index contributed by atoms with van der Waals surface area (Å²) in [7, 11) is 6.03. The van der Waals surface area contributed by atoms with Gasteiger partial charge in [0, 0.05) is 66.0 Å². The predicted molar refractivity (Wildman–Crippen MR) is 76.2 cm³/mol. The molecule has 0 amide bonds. The Balaban J connectivity index is 1.98. The number of nitrogens with one attached hydrogen (secondary N) is 1. The van der Waals surface area contributed by atoms with Gasteiger partial charge >= 0.3 is 0 Å². The van der Waals surface area contributed by atoms with E-state index in [4.69, 9.17) is 4.74 Å². The van der Waals surface area contributed by atoms with Gasteiger partial charge in [-0.15, -0.1) is 0 Å². The van der Waals surface area contributed by atoms with Crippen molar-refractivity contribution in [1.82, 2.24) is 20.0 Å². The van der Waals surface area contributed by atoms with Gasteiger partial charge in [0.1, 0.15) is 0 Å². The molecule has 1 N–H and O–H groups in total. The van der Waals surface area contributed by atoms with Crippen molar-refractivity contribution >= 4 is 0 Å². The SMILES string of the molecule is COCCNCCN1CCN(CCN(C)C)CC1. The van der Waals surface area contributed by atoms with Gasteiger partial charge in [0.25, 0.3) is 0 Å². The van der Waals surface area contributed by atoms with E-state index < -0.39 is 0 Å². The van der Waals surface area contributed by atoms with Crippen LogP contribution in [-0.4, -0.2) is 101 Å². The maximum atomic E-state index is 5.01. The number of rotatable bonds is 9. The number of likely N-dealkylation sites (N-methyl/N-ethyl adjacent to an activating group) is 1. The molecule has 5 heteroatoms. The van der Waals surface area contributed by atoms with Gasteiger partial charge in [-0.25, -0.2) is 0 Å². The first-order valence-corrected chi connectivity index (χ1v) is 7.01. The quantitative estimate of drug-likeness (QED) is 0.558. The first kappa shape index (κ1) is 15.9. The summed E-state index contributed by atoms with van der Waals surface area (Å²) in [6.07, 6.45) is 0. The lowest BCUT2D eigenvalue weighted by molar-refractivity contribution is 0.125. The van der Waals surface area contributed by atoms with Gasteiger partial charge in [-0.2, -0.15) is 0 Å². The van der Waals surface area contributed by atoms with Crippen molar-refractivity contribution in [3.63, 3.8) is 0 Å². The third-order valence-corrected chi connectivity index (χ3v) is 3.42. The van der Waals surface area contributed by atoms with E-state index in [1.807, 2.05) is 0 Å². The number of ether oxygens (including phenoxy) is 1. The highest BCUT2D eigenvalue weighted by molar-refractivity contribution is 4.72. The van der Waals surface area contributed by atoms with Gasteiger partial charge in [-0.3, -0.25) is 9.80 Å². The van der Waals surface area contributed by atoms with Crippen LogP contribution >= 0.6 is 0 Å². The molecule has 0 aromatic rings. The highest BCUT2D eigenvalue weighted by atomic mass is 16.5. The molecule has 0 atom stereocenters. The Hall–Kier alpha value is -0.200. The van der Waals surface area contributed by atoms with Crippen molar-refractivity contribution in [2.75, 3.05) is 86.7 Å². The van der Waals surface area contributed by atoms with Crippen LogP contribution in [0.3, 0.4) is 0 Å². The Morgan fingerprint density at radius 2 is 1.61 bits per heavy atom. The van der Waals surface area contributed by atoms with Crippen molar-refractivity contribution < 1.29 is 4.74 Å². The van der Waals surface area contributed by atoms with Crippen LogP contribution in [0.25, 0.3) is 0 Å². The van der Waals surface area contributed by atoms with Crippen LogP contribution in [0.4, 0.5) is 0 Å². The smallest absolute Gasteiger partial charge is 0.0587 e. The predicted octanol–water partition coefficient (Wildman–Crippen LogP) is -0.598. The van der Waals surface area contributed by atoms with Gasteiger partial charge in [-0.1, -0.05) is 0 Å². The molecule has 0 spiro atoms. The third kappa shape index (κ3) is 7.28. The van der Waals surface area contributed by atoms with Gasteiger partial charge in [0.05, 0.1) is 6.61 Å². The lowest BCUT2D eigenvalue weighted by Crippen LogP contribution is -2.49. The van der Waals surface area contributed by atoms with Crippen molar-refractivity contribution in [1.29, 1.82) is 0 Å². The first-order valence-electron chi connectivity index (χ1n) is 7.01. The topological polar surface area (TPSA) is 31.0 Å². The molecule has 1 rings (SSSR count). The molecule has 1 fully saturated rings. The largest absolute Gasteiger partial charge is 0.383 e. The van der Waals surface area contributed by atoms with Crippen molar-refractivity contribution in [3.8, 4) is 0 Å². The van der Waals surface area contributed by atoms with Crippen LogP contribution in [0.15, 0.2) is 0 Å². The van der Waals surface area contributed by atoms with Gasteiger partial charge in [0.15, 0.2) is 0 Å². The number of methoxy groups -OCH3 is 1. The van der Waals surface area contributed by atoms with E-state index in [1.54, 1.807) is 7.11 Å². The number of piperazine rings is 1. The van der Waals surface area contributed by atoms with Crippen LogP contribution in [0.1, 0.15) is 0 Å². The van der Waals surface area contributed by atoms with E-state index in [0.717, 1.165) is 26.2 Å². The fourth-order valence-electron chi connectivity index (χ4n) is 2.11. The molecule has 1 aliphatic heterocycles. The summed E-state index contributed by atoms with van der Waals surface area (Å²) in [5.41, 5.74) is 0. The fourth-order valence-corrected chi connectivity index (χ4v) is 2.11. The Labute approximate surface area is 112 Å². The molecule has 0 aliphatic carbocycles. The Morgan fingerprint density at radius 1 is 1.00 bits per heavy atom. The van der Waals surface area contributed by atoms with E-state index in [9.17, 15) is 0 Å². The highest BCUT2D eigenvalue weighted by Crippen LogP contribution is 2.00. The standard InChI is InChI=1S/C13H30N4O/c1-15(2)7-8-17-11-9-16(10-12-17)6-4-14-5-13-18-3/h14H,4-13H2,1-3H3. The average Bonchev–Trinajstić information content (AvgIpc) is 2.37. The summed E-state index contributed by atoms with van der Waals surface area (Å²) in [6, 6.07) is 0. The Morgan fingerprint density at radius 3 is 2.17 bits per heavy atom. The second-order valence-corrected chi connectivity index (χ2v) is 5.23. The van der Waals surface area contributed by atoms with Crippen LogP contribution in [0.2, 0.25) is 0 Å². The summed E-state index contributed by atoms with van der Waals surface area (Å²) in [5.74, 6) is 0. The third-order valence-electron chi connectivity index (χ3n) is 3.42. The molecule has 0 radical (unpaired) electrons. The Bertz CT molecular complexity index is 193. The van der Waals surface area contributed by atoms with E-state index in [-0.39, 0.29) is 0 Å². The van der Waals surface area contributed by atoms with Crippen LogP contribution in [0.5, 0.6) is 0 Å². The normalized spacial score (nSPS) is 18.7. The summed E-state index contributed by atoms with van der Waals surface area (Å²) < 4.78 is 5.01. The molecule has 1 saturated heterocycles. The Kier molecular flexibility index (Phi) is 8.54.